The Morgan fingerprint density at radius 1 is 1.20 bits per heavy atom. The molecule has 0 aliphatic heterocycles. The molecule has 0 saturated heterocycles. The first-order chi connectivity index (χ1) is 9.85. The number of hydrogen-bond acceptors (Lipinski definition) is 3. The monoisotopic (exact) mass is 264 g/mol. The molecule has 1 aromatic heterocycles. The van der Waals surface area contributed by atoms with E-state index in [2.05, 4.69) is 11.1 Å². The van der Waals surface area contributed by atoms with Crippen molar-refractivity contribution in [1.29, 1.82) is 5.26 Å². The fourth-order valence-electron chi connectivity index (χ4n) is 2.63. The molecule has 0 spiro atoms. The van der Waals surface area contributed by atoms with Gasteiger partial charge in [-0.15, -0.1) is 0 Å². The van der Waals surface area contributed by atoms with E-state index in [4.69, 9.17) is 4.74 Å². The van der Waals surface area contributed by atoms with Crippen LogP contribution in [0.4, 0.5) is 0 Å². The van der Waals surface area contributed by atoms with E-state index in [1.54, 1.807) is 12.4 Å². The number of benzene rings is 1. The number of nitrogens with zero attached hydrogens (tertiary/aromatic N) is 2. The first-order valence-corrected chi connectivity index (χ1v) is 6.78. The lowest BCUT2D eigenvalue weighted by atomic mass is 9.96. The van der Waals surface area contributed by atoms with Crippen LogP contribution in [0, 0.1) is 17.2 Å². The van der Waals surface area contributed by atoms with Crippen LogP contribution < -0.4 is 0 Å². The second-order valence-electron chi connectivity index (χ2n) is 5.22. The Kier molecular flexibility index (Phi) is 3.49. The van der Waals surface area contributed by atoms with E-state index in [0.29, 0.717) is 19.1 Å². The molecular formula is C17H16N2O. The van der Waals surface area contributed by atoms with Crippen molar-refractivity contribution in [1.82, 2.24) is 4.98 Å². The second-order valence-corrected chi connectivity index (χ2v) is 5.22. The molecule has 3 heteroatoms. The van der Waals surface area contributed by atoms with Crippen molar-refractivity contribution in [3.05, 3.63) is 66.0 Å². The van der Waals surface area contributed by atoms with Crippen LogP contribution in [0.5, 0.6) is 0 Å². The standard InChI is InChI=1S/C17H16N2O/c18-13-17(15-6-8-19-9-7-15)10-16(17)12-20-11-14-4-2-1-3-5-14/h1-9,16H,10-12H2/t16-,17+/m1/s1. The number of nitriles is 1. The summed E-state index contributed by atoms with van der Waals surface area (Å²) in [6.45, 7) is 1.24. The van der Waals surface area contributed by atoms with Crippen molar-refractivity contribution in [3.8, 4) is 6.07 Å². The first-order valence-electron chi connectivity index (χ1n) is 6.78. The molecule has 1 aliphatic rings. The van der Waals surface area contributed by atoms with Crippen LogP contribution in [0.1, 0.15) is 17.5 Å². The van der Waals surface area contributed by atoms with Gasteiger partial charge < -0.3 is 4.74 Å². The topological polar surface area (TPSA) is 45.9 Å². The SMILES string of the molecule is N#C[C@]1(c2ccncc2)C[C@@H]1COCc1ccccc1. The molecule has 3 nitrogen and oxygen atoms in total. The van der Waals surface area contributed by atoms with Crippen molar-refractivity contribution in [3.63, 3.8) is 0 Å². The zero-order valence-electron chi connectivity index (χ0n) is 11.2. The molecule has 0 N–H and O–H groups in total. The third-order valence-corrected chi connectivity index (χ3v) is 3.93. The van der Waals surface area contributed by atoms with Crippen molar-refractivity contribution < 1.29 is 4.74 Å². The van der Waals surface area contributed by atoms with Crippen LogP contribution in [0.3, 0.4) is 0 Å². The lowest BCUT2D eigenvalue weighted by Crippen LogP contribution is -2.10. The highest BCUT2D eigenvalue weighted by Crippen LogP contribution is 2.53. The first kappa shape index (κ1) is 12.8. The Balaban J connectivity index is 1.57. The van der Waals surface area contributed by atoms with E-state index < -0.39 is 0 Å². The minimum Gasteiger partial charge on any atom is -0.376 e. The fourth-order valence-corrected chi connectivity index (χ4v) is 2.63. The summed E-state index contributed by atoms with van der Waals surface area (Å²) in [5.41, 5.74) is 1.86. The molecule has 2 aromatic rings. The van der Waals surface area contributed by atoms with E-state index in [-0.39, 0.29) is 5.41 Å². The smallest absolute Gasteiger partial charge is 0.0878 e. The molecular weight excluding hydrogens is 248 g/mol. The molecule has 100 valence electrons. The molecule has 2 atom stereocenters. The maximum atomic E-state index is 9.47. The zero-order valence-corrected chi connectivity index (χ0v) is 11.2. The molecule has 1 saturated carbocycles. The maximum Gasteiger partial charge on any atom is 0.0878 e. The summed E-state index contributed by atoms with van der Waals surface area (Å²) < 4.78 is 5.76. The van der Waals surface area contributed by atoms with Crippen molar-refractivity contribution in [2.24, 2.45) is 5.92 Å². The average molecular weight is 264 g/mol. The summed E-state index contributed by atoms with van der Waals surface area (Å²) in [6, 6.07) is 16.4. The van der Waals surface area contributed by atoms with Crippen LogP contribution in [0.25, 0.3) is 0 Å². The van der Waals surface area contributed by atoms with Gasteiger partial charge in [0.05, 0.1) is 24.7 Å². The van der Waals surface area contributed by atoms with Gasteiger partial charge in [0.25, 0.3) is 0 Å². The fraction of sp³-hybridized carbons (Fsp3) is 0.294. The predicted octanol–water partition coefficient (Wildman–Crippen LogP) is 3.08. The second kappa shape index (κ2) is 5.44. The summed E-state index contributed by atoms with van der Waals surface area (Å²) in [7, 11) is 0. The largest absolute Gasteiger partial charge is 0.376 e. The highest BCUT2D eigenvalue weighted by Gasteiger charge is 2.56. The van der Waals surface area contributed by atoms with Crippen LogP contribution in [-0.4, -0.2) is 11.6 Å². The summed E-state index contributed by atoms with van der Waals surface area (Å²) in [6.07, 6.45) is 4.37. The molecule has 0 bridgehead atoms. The van der Waals surface area contributed by atoms with Gasteiger partial charge in [-0.1, -0.05) is 30.3 Å². The molecule has 1 fully saturated rings. The van der Waals surface area contributed by atoms with Gasteiger partial charge in [0.1, 0.15) is 0 Å². The van der Waals surface area contributed by atoms with Crippen molar-refractivity contribution in [2.45, 2.75) is 18.4 Å². The quantitative estimate of drug-likeness (QED) is 0.833. The normalized spacial score (nSPS) is 24.1. The number of aromatic nitrogens is 1. The Bertz CT molecular complexity index is 606. The zero-order chi connectivity index (χ0) is 13.8. The summed E-state index contributed by atoms with van der Waals surface area (Å²) in [5.74, 6) is 0.290. The summed E-state index contributed by atoms with van der Waals surface area (Å²) >= 11 is 0. The molecule has 0 radical (unpaired) electrons. The molecule has 3 rings (SSSR count). The third-order valence-electron chi connectivity index (χ3n) is 3.93. The minimum atomic E-state index is -0.361. The Morgan fingerprint density at radius 3 is 2.65 bits per heavy atom. The van der Waals surface area contributed by atoms with Gasteiger partial charge in [0.15, 0.2) is 0 Å². The summed E-state index contributed by atoms with van der Waals surface area (Å²) in [5, 5.41) is 9.47. The Morgan fingerprint density at radius 2 is 1.95 bits per heavy atom. The van der Waals surface area contributed by atoms with Crippen LogP contribution in [0.15, 0.2) is 54.9 Å². The van der Waals surface area contributed by atoms with Gasteiger partial charge in [-0.3, -0.25) is 4.98 Å². The van der Waals surface area contributed by atoms with E-state index in [1.807, 2.05) is 42.5 Å². The van der Waals surface area contributed by atoms with Crippen LogP contribution in [-0.2, 0) is 16.8 Å². The molecule has 1 heterocycles. The molecule has 0 amide bonds. The molecule has 1 aliphatic carbocycles. The molecule has 1 aromatic carbocycles. The van der Waals surface area contributed by atoms with E-state index in [9.17, 15) is 5.26 Å². The van der Waals surface area contributed by atoms with Crippen LogP contribution in [0.2, 0.25) is 0 Å². The average Bonchev–Trinajstić information content (AvgIpc) is 3.24. The third kappa shape index (κ3) is 2.43. The van der Waals surface area contributed by atoms with Gasteiger partial charge in [0, 0.05) is 18.3 Å². The van der Waals surface area contributed by atoms with Gasteiger partial charge in [-0.25, -0.2) is 0 Å². The number of hydrogen-bond donors (Lipinski definition) is 0. The van der Waals surface area contributed by atoms with Gasteiger partial charge in [-0.05, 0) is 29.7 Å². The molecule has 20 heavy (non-hydrogen) atoms. The van der Waals surface area contributed by atoms with Crippen molar-refractivity contribution >= 4 is 0 Å². The van der Waals surface area contributed by atoms with E-state index >= 15 is 0 Å². The molecule has 0 unspecified atom stereocenters. The van der Waals surface area contributed by atoms with E-state index in [1.165, 1.54) is 5.56 Å². The van der Waals surface area contributed by atoms with Gasteiger partial charge in [-0.2, -0.15) is 5.26 Å². The Labute approximate surface area is 118 Å². The Hall–Kier alpha value is -2.18. The van der Waals surface area contributed by atoms with Crippen molar-refractivity contribution in [2.75, 3.05) is 6.61 Å². The highest BCUT2D eigenvalue weighted by molar-refractivity contribution is 5.40. The minimum absolute atomic E-state index is 0.290. The number of ether oxygens (including phenoxy) is 1. The van der Waals surface area contributed by atoms with E-state index in [0.717, 1.165) is 12.0 Å². The number of rotatable bonds is 5. The predicted molar refractivity (Wildman–Crippen MR) is 75.7 cm³/mol. The lowest BCUT2D eigenvalue weighted by Gasteiger charge is -2.09. The van der Waals surface area contributed by atoms with Gasteiger partial charge in [0.2, 0.25) is 0 Å². The lowest BCUT2D eigenvalue weighted by molar-refractivity contribution is 0.108. The van der Waals surface area contributed by atoms with Gasteiger partial charge >= 0.3 is 0 Å². The summed E-state index contributed by atoms with van der Waals surface area (Å²) in [4.78, 5) is 4.01. The maximum absolute atomic E-state index is 9.47. The highest BCUT2D eigenvalue weighted by atomic mass is 16.5. The number of pyridine rings is 1. The van der Waals surface area contributed by atoms with Crippen LogP contribution >= 0.6 is 0 Å².